The van der Waals surface area contributed by atoms with Crippen molar-refractivity contribution in [3.63, 3.8) is 0 Å². The Morgan fingerprint density at radius 3 is 0.867 bits per heavy atom. The summed E-state index contributed by atoms with van der Waals surface area (Å²) in [7, 11) is 6.97. The number of fused-ring (bicyclic) bond motifs is 5. The van der Waals surface area contributed by atoms with E-state index in [0.717, 1.165) is 101 Å². The molecule has 0 aliphatic carbocycles. The average Bonchev–Trinajstić information content (AvgIpc) is 0.778. The van der Waals surface area contributed by atoms with Crippen LogP contribution in [0, 0.1) is 18.2 Å². The molecule has 20 rings (SSSR count). The summed E-state index contributed by atoms with van der Waals surface area (Å²) in [6, 6.07) is 149. The van der Waals surface area contributed by atoms with Crippen LogP contribution in [0.1, 0.15) is 0 Å². The zero-order valence-corrected chi connectivity index (χ0v) is 69.5. The van der Waals surface area contributed by atoms with Crippen LogP contribution in [0.3, 0.4) is 0 Å². The van der Waals surface area contributed by atoms with E-state index in [9.17, 15) is 0 Å². The molecule has 2 radical (unpaired) electrons. The maximum atomic E-state index is 6.41. The average molecular weight is 1760 g/mol. The Morgan fingerprint density at radius 2 is 0.542 bits per heavy atom. The smallest absolute Gasteiger partial charge is 0.576 e. The second-order valence-electron chi connectivity index (χ2n) is 26.7. The fourth-order valence-electron chi connectivity index (χ4n) is 13.5. The van der Waals surface area contributed by atoms with E-state index in [1.165, 1.54) is 32.7 Å². The zero-order chi connectivity index (χ0) is 80.8. The van der Waals surface area contributed by atoms with Gasteiger partial charge in [-0.1, -0.05) is 224 Å². The van der Waals surface area contributed by atoms with Crippen molar-refractivity contribution in [3.8, 4) is 62.1 Å². The molecule has 0 saturated carbocycles. The van der Waals surface area contributed by atoms with Crippen molar-refractivity contribution >= 4 is 121 Å². The Labute approximate surface area is 720 Å². The summed E-state index contributed by atoms with van der Waals surface area (Å²) in [6.45, 7) is 0. The molecule has 6 heterocycles. The topological polar surface area (TPSA) is 124 Å². The molecule has 120 heavy (non-hydrogen) atoms. The van der Waals surface area contributed by atoms with Gasteiger partial charge in [0.2, 0.25) is 0 Å². The molecule has 14 aromatic carbocycles. The molecule has 6 aromatic heterocycles. The van der Waals surface area contributed by atoms with Crippen LogP contribution in [0.15, 0.2) is 454 Å². The molecule has 0 spiro atoms. The van der Waals surface area contributed by atoms with Crippen LogP contribution < -0.4 is 21.2 Å². The van der Waals surface area contributed by atoms with E-state index in [0.29, 0.717) is 17.2 Å². The van der Waals surface area contributed by atoms with Crippen molar-refractivity contribution in [2.24, 2.45) is 4.66 Å². The normalized spacial score (nSPS) is 10.3. The van der Waals surface area contributed by atoms with Crippen molar-refractivity contribution in [3.05, 3.63) is 468 Å². The number of hydrogen-bond acceptors (Lipinski definition) is 12. The minimum atomic E-state index is -2.86. The van der Waals surface area contributed by atoms with Crippen molar-refractivity contribution in [2.45, 2.75) is 0 Å². The quantitative estimate of drug-likeness (QED) is 0.0522. The summed E-state index contributed by atoms with van der Waals surface area (Å²) >= 11 is -2.86. The van der Waals surface area contributed by atoms with Gasteiger partial charge >= 0.3 is 35.3 Å². The van der Waals surface area contributed by atoms with Crippen molar-refractivity contribution in [1.29, 1.82) is 0 Å². The van der Waals surface area contributed by atoms with E-state index in [-0.39, 0.29) is 20.1 Å². The molecule has 0 bridgehead atoms. The van der Waals surface area contributed by atoms with Crippen LogP contribution in [-0.4, -0.2) is 53.0 Å². The summed E-state index contributed by atoms with van der Waals surface area (Å²) < 4.78 is 22.0. The predicted molar refractivity (Wildman–Crippen MR) is 491 cm³/mol. The number of rotatable bonds is 16. The maximum Gasteiger partial charge on any atom is 3.00 e. The molecule has 0 N–H and O–H groups in total. The van der Waals surface area contributed by atoms with E-state index in [4.69, 9.17) is 11.4 Å². The summed E-state index contributed by atoms with van der Waals surface area (Å²) in [4.78, 5) is 30.9. The standard InChI is InChI=1S/C44H32N2.3C11H8N.3C9H7NO.Al.BHNP.Ir/c1-3-17-37(18-4-1)45(43-23-11-15-35-13-7-9-21-41(35)43)39-29-25-33(26-30-39)34-27-31-40(32-28-34)46(38-19-5-2-6-20-38)44-24-12-16-36-14-8-10-22-42(36)44;3*1-2-6-10(7-3-1)11-8-4-5-9-12-11;3*11-8-5-1-3-7-4-2-6-10-9(7)8;;1-2-3;/h1-32H;3*1-6,8-9H;3*1-6,11H;;3H;/q;3*-1;;;;+3;;+3/p-3. The van der Waals surface area contributed by atoms with Crippen molar-refractivity contribution < 1.29 is 31.5 Å². The zero-order valence-electron chi connectivity index (χ0n) is 65.0. The first kappa shape index (κ1) is 82.2. The molecule has 0 aliphatic heterocycles. The first-order chi connectivity index (χ1) is 59.0. The molecule has 0 saturated heterocycles. The number of anilines is 6. The van der Waals surface area contributed by atoms with Gasteiger partial charge in [0.05, 0.1) is 11.4 Å². The van der Waals surface area contributed by atoms with Gasteiger partial charge in [-0.15, -0.1) is 108 Å². The Hall–Kier alpha value is -14.4. The predicted octanol–water partition coefficient (Wildman–Crippen LogP) is 26.5. The van der Waals surface area contributed by atoms with Gasteiger partial charge in [-0.3, -0.25) is 15.0 Å². The number of nitrogens with zero attached hydrogens (tertiary/aromatic N) is 9. The van der Waals surface area contributed by atoms with E-state index < -0.39 is 15.1 Å². The van der Waals surface area contributed by atoms with E-state index in [1.54, 1.807) is 37.2 Å². The summed E-state index contributed by atoms with van der Waals surface area (Å²) in [5.41, 5.74) is 17.5. The molecule has 0 unspecified atom stereocenters. The first-order valence-electron chi connectivity index (χ1n) is 38.6. The monoisotopic (exact) mass is 1760 g/mol. The SMILES string of the molecule is [B]N=P.[Ir+3].[c-]1ccccc1-c1ccccn1.[c-]1ccccc1-c1ccccn1.[c-]1ccccc1-c1ccccn1.c1ccc(N(c2ccc(-c3ccc(N(c4ccccc4)c4cccc5ccccc45)cc3)cc2)c2cccc3ccccc23)cc1.c1cnc2c([O][Al]([O]c3cccc4cccnc34)[O]c3cccc4cccnc34)cccc2c1. The van der Waals surface area contributed by atoms with Crippen LogP contribution >= 0.6 is 9.03 Å². The van der Waals surface area contributed by atoms with Gasteiger partial charge in [-0.05, 0) is 163 Å². The third kappa shape index (κ3) is 21.3. The van der Waals surface area contributed by atoms with Gasteiger partial charge < -0.3 is 40.8 Å². The maximum absolute atomic E-state index is 6.41. The molecule has 16 heteroatoms. The molecule has 0 fully saturated rings. The van der Waals surface area contributed by atoms with Gasteiger partial charge in [0.15, 0.2) is 0 Å². The van der Waals surface area contributed by atoms with Crippen molar-refractivity contribution in [2.75, 3.05) is 9.80 Å². The largest absolute Gasteiger partial charge is 3.00 e. The number of pyridine rings is 6. The van der Waals surface area contributed by atoms with Crippen LogP contribution in [0.25, 0.3) is 99.2 Å². The van der Waals surface area contributed by atoms with Gasteiger partial charge in [-0.25, -0.2) is 0 Å². The molecule has 0 amide bonds. The van der Waals surface area contributed by atoms with Crippen molar-refractivity contribution in [1.82, 2.24) is 29.9 Å². The Bertz CT molecular complexity index is 5910. The molecular weight excluding hydrogens is 1680 g/mol. The third-order valence-electron chi connectivity index (χ3n) is 19.0. The van der Waals surface area contributed by atoms with Crippen LogP contribution in [0.4, 0.5) is 34.1 Å². The summed E-state index contributed by atoms with van der Waals surface area (Å²) in [5.74, 6) is 1.82. The van der Waals surface area contributed by atoms with Gasteiger partial charge in [0.1, 0.15) is 33.8 Å². The number of benzene rings is 14. The summed E-state index contributed by atoms with van der Waals surface area (Å²) in [6.07, 6.45) is 10.6. The Balaban J connectivity index is 0.000000137. The second kappa shape index (κ2) is 42.5. The molecule has 0 aliphatic rings. The van der Waals surface area contributed by atoms with Gasteiger partial charge in [0, 0.05) is 86.9 Å². The third-order valence-corrected chi connectivity index (χ3v) is 20.4. The minimum absolute atomic E-state index is 0. The van der Waals surface area contributed by atoms with Crippen LogP contribution in [-0.2, 0) is 20.1 Å². The summed E-state index contributed by atoms with van der Waals surface area (Å²) in [5, 5.41) is 7.84. The van der Waals surface area contributed by atoms with Gasteiger partial charge in [0.25, 0.3) is 7.98 Å². The fourth-order valence-corrected chi connectivity index (χ4v) is 14.9. The molecule has 20 aromatic rings. The fraction of sp³-hybridized carbons (Fsp3) is 0. The van der Waals surface area contributed by atoms with E-state index in [1.807, 2.05) is 218 Å². The number of hydrogen-bond donors (Lipinski definition) is 0. The second-order valence-corrected chi connectivity index (χ2v) is 28.2. The van der Waals surface area contributed by atoms with E-state index in [2.05, 4.69) is 274 Å². The molecule has 574 valence electrons. The Morgan fingerprint density at radius 1 is 0.267 bits per heavy atom. The van der Waals surface area contributed by atoms with Crippen LogP contribution in [0.5, 0.6) is 17.2 Å². The van der Waals surface area contributed by atoms with Gasteiger partial charge in [-0.2, -0.15) is 0 Å². The number of para-hydroxylation sites is 5. The number of aromatic nitrogens is 6. The molecule has 12 nitrogen and oxygen atoms in total. The first-order valence-corrected chi connectivity index (χ1v) is 40.4. The Kier molecular flexibility index (Phi) is 29.1. The minimum Gasteiger partial charge on any atom is -0.576 e. The molecular formula is C104H75AlBIrN9O3P. The molecule has 0 atom stereocenters. The van der Waals surface area contributed by atoms with Crippen LogP contribution in [0.2, 0.25) is 0 Å². The van der Waals surface area contributed by atoms with E-state index >= 15 is 0 Å².